The Kier molecular flexibility index (Phi) is 13.7. The van der Waals surface area contributed by atoms with Crippen molar-refractivity contribution in [2.24, 2.45) is 35.5 Å². The molecule has 0 unspecified atom stereocenters. The monoisotopic (exact) mass is 312 g/mol. The lowest BCUT2D eigenvalue weighted by atomic mass is 9.91. The van der Waals surface area contributed by atoms with Gasteiger partial charge in [-0.15, -0.1) is 0 Å². The van der Waals surface area contributed by atoms with Crippen LogP contribution in [0.1, 0.15) is 108 Å². The van der Waals surface area contributed by atoms with Crippen molar-refractivity contribution in [3.8, 4) is 0 Å². The minimum atomic E-state index is 0. The molecule has 0 saturated heterocycles. The van der Waals surface area contributed by atoms with Gasteiger partial charge in [-0.25, -0.2) is 0 Å². The second kappa shape index (κ2) is 12.4. The van der Waals surface area contributed by atoms with Crippen LogP contribution in [0, 0.1) is 35.5 Å². The van der Waals surface area contributed by atoms with E-state index in [1.54, 1.807) is 51.4 Å². The molecule has 0 heterocycles. The summed E-state index contributed by atoms with van der Waals surface area (Å²) in [6.07, 6.45) is 12.4. The third-order valence-electron chi connectivity index (χ3n) is 6.18. The molecule has 4 aliphatic carbocycles. The first-order chi connectivity index (χ1) is 9.72. The smallest absolute Gasteiger partial charge is 0.0386 e. The maximum absolute atomic E-state index is 2.42. The highest BCUT2D eigenvalue weighted by Crippen LogP contribution is 2.48. The molecule has 0 heteroatoms. The Morgan fingerprint density at radius 1 is 0.500 bits per heavy atom. The van der Waals surface area contributed by atoms with Gasteiger partial charge in [0.25, 0.3) is 0 Å². The molecule has 6 atom stereocenters. The van der Waals surface area contributed by atoms with E-state index in [0.29, 0.717) is 0 Å². The predicted molar refractivity (Wildman–Crippen MR) is 105 cm³/mol. The van der Waals surface area contributed by atoms with Crippen LogP contribution in [0.3, 0.4) is 0 Å². The molecule has 0 nitrogen and oxygen atoms in total. The molecular formula is C22H48. The zero-order valence-corrected chi connectivity index (χ0v) is 15.1. The molecule has 4 aliphatic rings. The summed E-state index contributed by atoms with van der Waals surface area (Å²) in [5, 5.41) is 0. The lowest BCUT2D eigenvalue weighted by Crippen LogP contribution is -2.04. The third kappa shape index (κ3) is 6.25. The fourth-order valence-corrected chi connectivity index (χ4v) is 5.13. The molecule has 0 spiro atoms. The Morgan fingerprint density at radius 3 is 0.909 bits per heavy atom. The Balaban J connectivity index is 0. The highest BCUT2D eigenvalue weighted by molar-refractivity contribution is 4.88. The lowest BCUT2D eigenvalue weighted by molar-refractivity contribution is 0.360. The van der Waals surface area contributed by atoms with Crippen molar-refractivity contribution in [3.05, 3.63) is 0 Å². The van der Waals surface area contributed by atoms with E-state index in [1.165, 1.54) is 0 Å². The fraction of sp³-hybridized carbons (Fsp3) is 1.00. The SMILES string of the molecule is C.C.CC.CC.C[C@@H]1C[C@H]2CC[C@@H]1C2.C[C@H]1C[C@H]2CC[C@@H]1C2. The highest BCUT2D eigenvalue weighted by atomic mass is 14.4. The standard InChI is InChI=1S/2C8H14.2C2H6.2CH4/c2*1-6-4-7-2-3-8(6)5-7;2*1-2;;/h2*6-8H,2-5H2,1H3;2*1-2H3;2*1H4/t6-,7+,8+;6-,7-,8-;;;;/m01..../s1. The van der Waals surface area contributed by atoms with Crippen LogP contribution in [-0.2, 0) is 0 Å². The van der Waals surface area contributed by atoms with Crippen LogP contribution in [0.2, 0.25) is 0 Å². The van der Waals surface area contributed by atoms with Crippen molar-refractivity contribution in [3.63, 3.8) is 0 Å². The lowest BCUT2D eigenvalue weighted by Gasteiger charge is -2.15. The van der Waals surface area contributed by atoms with Gasteiger partial charge in [-0.05, 0) is 74.0 Å². The summed E-state index contributed by atoms with van der Waals surface area (Å²) in [5.74, 6) is 6.73. The quantitative estimate of drug-likeness (QED) is 0.422. The molecule has 0 aromatic carbocycles. The summed E-state index contributed by atoms with van der Waals surface area (Å²) in [7, 11) is 0. The first kappa shape index (κ1) is 24.3. The summed E-state index contributed by atoms with van der Waals surface area (Å²) in [4.78, 5) is 0. The van der Waals surface area contributed by atoms with E-state index in [0.717, 1.165) is 35.5 Å². The summed E-state index contributed by atoms with van der Waals surface area (Å²) >= 11 is 0. The fourth-order valence-electron chi connectivity index (χ4n) is 5.13. The van der Waals surface area contributed by atoms with Crippen LogP contribution in [-0.4, -0.2) is 0 Å². The van der Waals surface area contributed by atoms with Crippen LogP contribution >= 0.6 is 0 Å². The molecule has 0 N–H and O–H groups in total. The Morgan fingerprint density at radius 2 is 0.818 bits per heavy atom. The van der Waals surface area contributed by atoms with Crippen molar-refractivity contribution in [2.75, 3.05) is 0 Å². The Labute approximate surface area is 143 Å². The van der Waals surface area contributed by atoms with E-state index in [9.17, 15) is 0 Å². The topological polar surface area (TPSA) is 0 Å². The molecule has 4 saturated carbocycles. The zero-order chi connectivity index (χ0) is 15.1. The molecule has 4 bridgehead atoms. The summed E-state index contributed by atoms with van der Waals surface area (Å²) in [6.45, 7) is 12.8. The van der Waals surface area contributed by atoms with Crippen molar-refractivity contribution < 1.29 is 0 Å². The summed E-state index contributed by atoms with van der Waals surface area (Å²) < 4.78 is 0. The molecule has 0 amide bonds. The Bertz CT molecular complexity index is 214. The number of hydrogen-bond donors (Lipinski definition) is 0. The van der Waals surface area contributed by atoms with E-state index < -0.39 is 0 Å². The molecule has 4 fully saturated rings. The number of rotatable bonds is 0. The minimum Gasteiger partial charge on any atom is -0.0776 e. The second-order valence-corrected chi connectivity index (χ2v) is 7.30. The van der Waals surface area contributed by atoms with Crippen LogP contribution in [0.5, 0.6) is 0 Å². The number of hydrogen-bond acceptors (Lipinski definition) is 0. The molecule has 0 radical (unpaired) electrons. The maximum Gasteiger partial charge on any atom is -0.0386 e. The van der Waals surface area contributed by atoms with Gasteiger partial charge in [0.15, 0.2) is 0 Å². The van der Waals surface area contributed by atoms with E-state index in [-0.39, 0.29) is 14.9 Å². The van der Waals surface area contributed by atoms with Gasteiger partial charge >= 0.3 is 0 Å². The predicted octanol–water partition coefficient (Wildman–Crippen LogP) is 8.21. The van der Waals surface area contributed by atoms with Gasteiger partial charge in [0.2, 0.25) is 0 Å². The van der Waals surface area contributed by atoms with Gasteiger partial charge in [0, 0.05) is 0 Å². The van der Waals surface area contributed by atoms with Gasteiger partial charge < -0.3 is 0 Å². The first-order valence-corrected chi connectivity index (χ1v) is 9.72. The average molecular weight is 313 g/mol. The van der Waals surface area contributed by atoms with E-state index in [4.69, 9.17) is 0 Å². The van der Waals surface area contributed by atoms with Crippen molar-refractivity contribution in [1.29, 1.82) is 0 Å². The highest BCUT2D eigenvalue weighted by Gasteiger charge is 2.37. The van der Waals surface area contributed by atoms with Gasteiger partial charge in [0.05, 0.1) is 0 Å². The van der Waals surface area contributed by atoms with Crippen LogP contribution in [0.4, 0.5) is 0 Å². The van der Waals surface area contributed by atoms with Gasteiger partial charge in [0.1, 0.15) is 0 Å². The third-order valence-corrected chi connectivity index (χ3v) is 6.18. The van der Waals surface area contributed by atoms with Crippen LogP contribution in [0.15, 0.2) is 0 Å². The minimum absolute atomic E-state index is 0. The van der Waals surface area contributed by atoms with Crippen molar-refractivity contribution in [2.45, 2.75) is 108 Å². The summed E-state index contributed by atoms with van der Waals surface area (Å²) in [5.41, 5.74) is 0. The Hall–Kier alpha value is 0. The molecule has 4 rings (SSSR count). The van der Waals surface area contributed by atoms with Gasteiger partial charge in [-0.3, -0.25) is 0 Å². The van der Waals surface area contributed by atoms with Gasteiger partial charge in [-0.2, -0.15) is 0 Å². The van der Waals surface area contributed by atoms with Crippen LogP contribution < -0.4 is 0 Å². The average Bonchev–Trinajstić information content (AvgIpc) is 3.24. The molecule has 0 aromatic heterocycles. The van der Waals surface area contributed by atoms with Crippen molar-refractivity contribution in [1.82, 2.24) is 0 Å². The molecule has 22 heavy (non-hydrogen) atoms. The van der Waals surface area contributed by atoms with E-state index in [1.807, 2.05) is 27.7 Å². The largest absolute Gasteiger partial charge is 0.0776 e. The summed E-state index contributed by atoms with van der Waals surface area (Å²) in [6, 6.07) is 0. The van der Waals surface area contributed by atoms with E-state index in [2.05, 4.69) is 13.8 Å². The molecule has 0 aliphatic heterocycles. The molecule has 136 valence electrons. The van der Waals surface area contributed by atoms with Crippen LogP contribution in [0.25, 0.3) is 0 Å². The maximum atomic E-state index is 2.42. The van der Waals surface area contributed by atoms with Gasteiger partial charge in [-0.1, -0.05) is 69.2 Å². The molecule has 0 aromatic rings. The van der Waals surface area contributed by atoms with E-state index >= 15 is 0 Å². The first-order valence-electron chi connectivity index (χ1n) is 9.72. The molecular weight excluding hydrogens is 264 g/mol. The zero-order valence-electron chi connectivity index (χ0n) is 15.1. The number of fused-ring (bicyclic) bond motifs is 4. The van der Waals surface area contributed by atoms with Crippen molar-refractivity contribution >= 4 is 0 Å². The second-order valence-electron chi connectivity index (χ2n) is 7.30. The normalized spacial score (nSPS) is 39.0.